The molecule has 2 aliphatic rings. The normalized spacial score (nSPS) is 20.0. The van der Waals surface area contributed by atoms with Gasteiger partial charge in [-0.25, -0.2) is 18.6 Å². The van der Waals surface area contributed by atoms with E-state index >= 15 is 0 Å². The Morgan fingerprint density at radius 1 is 1.32 bits per heavy atom. The zero-order chi connectivity index (χ0) is 22.0. The van der Waals surface area contributed by atoms with Crippen LogP contribution in [-0.2, 0) is 9.53 Å². The van der Waals surface area contributed by atoms with Gasteiger partial charge < -0.3 is 14.6 Å². The Labute approximate surface area is 183 Å². The van der Waals surface area contributed by atoms with Crippen molar-refractivity contribution in [3.05, 3.63) is 23.8 Å². The van der Waals surface area contributed by atoms with Gasteiger partial charge in [0.25, 0.3) is 0 Å². The number of amides is 2. The molecule has 2 fully saturated rings. The number of aromatic amines is 1. The molecule has 2 aliphatic heterocycles. The van der Waals surface area contributed by atoms with Gasteiger partial charge in [-0.15, -0.1) is 0 Å². The van der Waals surface area contributed by atoms with E-state index in [1.165, 1.54) is 17.8 Å². The van der Waals surface area contributed by atoms with Gasteiger partial charge in [0.05, 0.1) is 17.3 Å². The monoisotopic (exact) mass is 452 g/mol. The third-order valence-corrected chi connectivity index (χ3v) is 6.78. The number of halogens is 2. The van der Waals surface area contributed by atoms with E-state index in [1.807, 2.05) is 4.90 Å². The number of piperidine rings is 1. The number of carbonyl (C=O) groups is 2. The Morgan fingerprint density at radius 2 is 2.10 bits per heavy atom. The van der Waals surface area contributed by atoms with Crippen LogP contribution in [0.25, 0.3) is 11.0 Å². The van der Waals surface area contributed by atoms with Gasteiger partial charge >= 0.3 is 6.09 Å². The lowest BCUT2D eigenvalue weighted by atomic mass is 10.0. The van der Waals surface area contributed by atoms with E-state index < -0.39 is 11.6 Å². The van der Waals surface area contributed by atoms with Gasteiger partial charge in [-0.1, -0.05) is 31.5 Å². The van der Waals surface area contributed by atoms with Crippen molar-refractivity contribution < 1.29 is 23.1 Å². The number of hydrogen-bond donors (Lipinski definition) is 1. The van der Waals surface area contributed by atoms with Crippen LogP contribution < -0.4 is 0 Å². The molecule has 1 aromatic carbocycles. The fourth-order valence-corrected chi connectivity index (χ4v) is 5.06. The molecule has 168 valence electrons. The van der Waals surface area contributed by atoms with E-state index in [0.29, 0.717) is 24.9 Å². The molecule has 0 radical (unpaired) electrons. The first-order chi connectivity index (χ1) is 15.0. The van der Waals surface area contributed by atoms with Crippen LogP contribution >= 0.6 is 11.8 Å². The van der Waals surface area contributed by atoms with Crippen molar-refractivity contribution in [2.24, 2.45) is 0 Å². The summed E-state index contributed by atoms with van der Waals surface area (Å²) in [6.07, 6.45) is 4.29. The first kappa shape index (κ1) is 21.9. The van der Waals surface area contributed by atoms with E-state index in [0.717, 1.165) is 38.2 Å². The maximum Gasteiger partial charge on any atom is 0.410 e. The lowest BCUT2D eigenvalue weighted by Crippen LogP contribution is -2.50. The molecule has 1 atom stereocenters. The maximum absolute atomic E-state index is 13.8. The van der Waals surface area contributed by atoms with E-state index in [9.17, 15) is 18.4 Å². The van der Waals surface area contributed by atoms with Crippen molar-refractivity contribution in [2.45, 2.75) is 56.3 Å². The van der Waals surface area contributed by atoms with Crippen LogP contribution in [0.15, 0.2) is 17.3 Å². The number of thioether (sulfide) groups is 1. The van der Waals surface area contributed by atoms with Crippen molar-refractivity contribution in [1.29, 1.82) is 0 Å². The topological polar surface area (TPSA) is 78.5 Å². The van der Waals surface area contributed by atoms with Gasteiger partial charge in [-0.2, -0.15) is 0 Å². The second-order valence-corrected chi connectivity index (χ2v) is 8.97. The molecule has 2 amide bonds. The molecule has 0 saturated carbocycles. The Hall–Kier alpha value is -2.36. The minimum Gasteiger partial charge on any atom is -0.447 e. The smallest absolute Gasteiger partial charge is 0.410 e. The summed E-state index contributed by atoms with van der Waals surface area (Å²) in [7, 11) is 0. The molecule has 0 aliphatic carbocycles. The number of nitrogens with one attached hydrogen (secondary N) is 1. The van der Waals surface area contributed by atoms with Gasteiger partial charge in [-0.05, 0) is 25.3 Å². The Morgan fingerprint density at radius 3 is 2.84 bits per heavy atom. The van der Waals surface area contributed by atoms with E-state index in [2.05, 4.69) is 16.9 Å². The van der Waals surface area contributed by atoms with Crippen molar-refractivity contribution in [3.8, 4) is 0 Å². The Bertz CT molecular complexity index is 961. The SMILES string of the molecule is CCCCC1COC(=O)N1C1CCN(C(=O)CSc2nc3c(F)cc(F)cc3[nH]2)CC1. The van der Waals surface area contributed by atoms with Crippen molar-refractivity contribution in [3.63, 3.8) is 0 Å². The van der Waals surface area contributed by atoms with E-state index in [-0.39, 0.29) is 40.9 Å². The second-order valence-electron chi connectivity index (χ2n) is 8.01. The molecule has 7 nitrogen and oxygen atoms in total. The highest BCUT2D eigenvalue weighted by atomic mass is 32.2. The number of H-pyrrole nitrogens is 1. The molecule has 31 heavy (non-hydrogen) atoms. The number of benzene rings is 1. The lowest BCUT2D eigenvalue weighted by molar-refractivity contribution is -0.129. The quantitative estimate of drug-likeness (QED) is 0.644. The summed E-state index contributed by atoms with van der Waals surface area (Å²) >= 11 is 1.17. The highest BCUT2D eigenvalue weighted by Gasteiger charge is 2.39. The first-order valence-corrected chi connectivity index (χ1v) is 11.6. The molecule has 1 aromatic heterocycles. The fourth-order valence-electron chi connectivity index (χ4n) is 4.28. The number of aromatic nitrogens is 2. The number of carbonyl (C=O) groups excluding carboxylic acids is 2. The van der Waals surface area contributed by atoms with Gasteiger partial charge in [-0.3, -0.25) is 9.69 Å². The van der Waals surface area contributed by atoms with Crippen molar-refractivity contribution in [2.75, 3.05) is 25.4 Å². The molecule has 2 aromatic rings. The molecule has 10 heteroatoms. The number of nitrogens with zero attached hydrogens (tertiary/aromatic N) is 3. The molecule has 0 spiro atoms. The summed E-state index contributed by atoms with van der Waals surface area (Å²) in [6.45, 7) is 3.74. The molecule has 1 N–H and O–H groups in total. The van der Waals surface area contributed by atoms with Crippen LogP contribution in [0.4, 0.5) is 13.6 Å². The summed E-state index contributed by atoms with van der Waals surface area (Å²) in [5, 5.41) is 0.376. The maximum atomic E-state index is 13.8. The van der Waals surface area contributed by atoms with Gasteiger partial charge in [0.2, 0.25) is 5.91 Å². The molecular weight excluding hydrogens is 426 g/mol. The predicted molar refractivity (Wildman–Crippen MR) is 113 cm³/mol. The largest absolute Gasteiger partial charge is 0.447 e. The van der Waals surface area contributed by atoms with Crippen LogP contribution in [-0.4, -0.2) is 69.3 Å². The summed E-state index contributed by atoms with van der Waals surface area (Å²) in [5.74, 6) is -1.30. The minimum absolute atomic E-state index is 0.0397. The molecular formula is C21H26F2N4O3S. The highest BCUT2D eigenvalue weighted by Crippen LogP contribution is 2.27. The lowest BCUT2D eigenvalue weighted by Gasteiger charge is -2.37. The van der Waals surface area contributed by atoms with Crippen molar-refractivity contribution >= 4 is 34.8 Å². The Kier molecular flexibility index (Phi) is 6.64. The molecule has 2 saturated heterocycles. The molecule has 4 rings (SSSR count). The highest BCUT2D eigenvalue weighted by molar-refractivity contribution is 7.99. The van der Waals surface area contributed by atoms with Crippen LogP contribution in [0.2, 0.25) is 0 Å². The van der Waals surface area contributed by atoms with Crippen molar-refractivity contribution in [1.82, 2.24) is 19.8 Å². The van der Waals surface area contributed by atoms with Gasteiger partial charge in [0, 0.05) is 25.2 Å². The third-order valence-electron chi connectivity index (χ3n) is 5.92. The summed E-state index contributed by atoms with van der Waals surface area (Å²) in [6, 6.07) is 2.20. The van der Waals surface area contributed by atoms with Crippen LogP contribution in [0.3, 0.4) is 0 Å². The number of imidazole rings is 1. The number of likely N-dealkylation sites (tertiary alicyclic amines) is 1. The number of rotatable bonds is 7. The average Bonchev–Trinajstić information content (AvgIpc) is 3.33. The number of fused-ring (bicyclic) bond motifs is 1. The van der Waals surface area contributed by atoms with E-state index in [1.54, 1.807) is 4.90 Å². The summed E-state index contributed by atoms with van der Waals surface area (Å²) < 4.78 is 32.4. The zero-order valence-electron chi connectivity index (χ0n) is 17.4. The summed E-state index contributed by atoms with van der Waals surface area (Å²) in [5.41, 5.74) is 0.329. The minimum atomic E-state index is -0.732. The zero-order valence-corrected chi connectivity index (χ0v) is 18.2. The first-order valence-electron chi connectivity index (χ1n) is 10.7. The Balaban J connectivity index is 1.29. The predicted octanol–water partition coefficient (Wildman–Crippen LogP) is 3.94. The van der Waals surface area contributed by atoms with Crippen LogP contribution in [0.5, 0.6) is 0 Å². The molecule has 0 bridgehead atoms. The summed E-state index contributed by atoms with van der Waals surface area (Å²) in [4.78, 5) is 35.5. The van der Waals surface area contributed by atoms with Crippen LogP contribution in [0.1, 0.15) is 39.0 Å². The number of unbranched alkanes of at least 4 members (excludes halogenated alkanes) is 1. The standard InChI is InChI=1S/C21H26F2N4O3S/c1-2-3-4-15-11-30-21(29)27(15)14-5-7-26(8-6-14)18(28)12-31-20-24-17-10-13(22)9-16(23)19(17)25-20/h9-10,14-15H,2-8,11-12H2,1H3,(H,24,25). The third kappa shape index (κ3) is 4.78. The van der Waals surface area contributed by atoms with Crippen LogP contribution in [0, 0.1) is 11.6 Å². The molecule has 1 unspecified atom stereocenters. The second kappa shape index (κ2) is 9.42. The van der Waals surface area contributed by atoms with E-state index in [4.69, 9.17) is 4.74 Å². The molecule has 3 heterocycles. The number of hydrogen-bond acceptors (Lipinski definition) is 5. The number of ether oxygens (including phenoxy) is 1. The average molecular weight is 453 g/mol. The van der Waals surface area contributed by atoms with Gasteiger partial charge in [0.1, 0.15) is 17.9 Å². The van der Waals surface area contributed by atoms with Gasteiger partial charge in [0.15, 0.2) is 11.0 Å². The fraction of sp³-hybridized carbons (Fsp3) is 0.571. The number of cyclic esters (lactones) is 1.